The standard InChI is InChI=1S/C20H25N5O.2ClH/c21-17-10-16(11-17)18-12-19(23-14-22-18)25-9-8-24(20(26)13-25)7-6-15-4-2-1-3-5-15;;/h1-5,12,14,16-17H,6-11,13,21H2;2*1H. The Bertz CT molecular complexity index is 770. The number of hydrogen-bond donors (Lipinski definition) is 1. The monoisotopic (exact) mass is 423 g/mol. The lowest BCUT2D eigenvalue weighted by Crippen LogP contribution is -2.51. The van der Waals surface area contributed by atoms with Gasteiger partial charge in [0.05, 0.1) is 6.54 Å². The first-order valence-electron chi connectivity index (χ1n) is 9.33. The van der Waals surface area contributed by atoms with Crippen LogP contribution < -0.4 is 10.6 Å². The summed E-state index contributed by atoms with van der Waals surface area (Å²) in [4.78, 5) is 25.4. The molecule has 2 heterocycles. The Hall–Kier alpha value is -1.89. The fraction of sp³-hybridized carbons (Fsp3) is 0.450. The van der Waals surface area contributed by atoms with Crippen molar-refractivity contribution in [3.05, 3.63) is 54.0 Å². The Morgan fingerprint density at radius 3 is 2.50 bits per heavy atom. The van der Waals surface area contributed by atoms with E-state index < -0.39 is 0 Å². The van der Waals surface area contributed by atoms with Crippen LogP contribution in [0.1, 0.15) is 30.0 Å². The zero-order valence-electron chi connectivity index (χ0n) is 15.7. The molecule has 0 bridgehead atoms. The molecule has 2 fully saturated rings. The number of halogens is 2. The van der Waals surface area contributed by atoms with Gasteiger partial charge in [0, 0.05) is 43.4 Å². The van der Waals surface area contributed by atoms with Crippen molar-refractivity contribution in [3.8, 4) is 0 Å². The zero-order valence-corrected chi connectivity index (χ0v) is 17.4. The quantitative estimate of drug-likeness (QED) is 0.798. The zero-order chi connectivity index (χ0) is 17.9. The molecular formula is C20H27Cl2N5O. The highest BCUT2D eigenvalue weighted by Gasteiger charge is 2.30. The minimum atomic E-state index is 0. The molecule has 1 saturated carbocycles. The van der Waals surface area contributed by atoms with Crippen LogP contribution in [0, 0.1) is 0 Å². The Morgan fingerprint density at radius 2 is 1.82 bits per heavy atom. The molecule has 1 aromatic carbocycles. The Labute approximate surface area is 178 Å². The number of amides is 1. The average Bonchev–Trinajstić information content (AvgIpc) is 2.65. The normalized spacial score (nSPS) is 21.4. The summed E-state index contributed by atoms with van der Waals surface area (Å²) in [5.74, 6) is 1.46. The van der Waals surface area contributed by atoms with E-state index in [0.29, 0.717) is 18.5 Å². The van der Waals surface area contributed by atoms with Gasteiger partial charge in [0.15, 0.2) is 0 Å². The molecule has 8 heteroatoms. The van der Waals surface area contributed by atoms with Crippen molar-refractivity contribution in [3.63, 3.8) is 0 Å². The van der Waals surface area contributed by atoms with Gasteiger partial charge >= 0.3 is 0 Å². The van der Waals surface area contributed by atoms with E-state index in [9.17, 15) is 4.79 Å². The van der Waals surface area contributed by atoms with Crippen molar-refractivity contribution in [2.75, 3.05) is 31.1 Å². The van der Waals surface area contributed by atoms with Crippen LogP contribution in [0.2, 0.25) is 0 Å². The highest BCUT2D eigenvalue weighted by Crippen LogP contribution is 2.35. The van der Waals surface area contributed by atoms with Gasteiger partial charge in [-0.15, -0.1) is 24.8 Å². The summed E-state index contributed by atoms with van der Waals surface area (Å²) >= 11 is 0. The van der Waals surface area contributed by atoms with E-state index in [2.05, 4.69) is 27.0 Å². The summed E-state index contributed by atoms with van der Waals surface area (Å²) < 4.78 is 0. The summed E-state index contributed by atoms with van der Waals surface area (Å²) in [5, 5.41) is 0. The predicted molar refractivity (Wildman–Crippen MR) is 115 cm³/mol. The fourth-order valence-electron chi connectivity index (χ4n) is 3.71. The molecule has 1 aromatic heterocycles. The molecule has 4 rings (SSSR count). The summed E-state index contributed by atoms with van der Waals surface area (Å²) in [6.07, 6.45) is 4.48. The van der Waals surface area contributed by atoms with Crippen LogP contribution in [0.5, 0.6) is 0 Å². The lowest BCUT2D eigenvalue weighted by molar-refractivity contribution is -0.130. The molecule has 6 nitrogen and oxygen atoms in total. The Balaban J connectivity index is 0.00000140. The number of carbonyl (C=O) groups is 1. The number of nitrogens with zero attached hydrogens (tertiary/aromatic N) is 4. The topological polar surface area (TPSA) is 75.3 Å². The van der Waals surface area contributed by atoms with Crippen LogP contribution in [0.25, 0.3) is 0 Å². The number of piperazine rings is 1. The van der Waals surface area contributed by atoms with Crippen molar-refractivity contribution in [1.82, 2.24) is 14.9 Å². The highest BCUT2D eigenvalue weighted by molar-refractivity contribution is 5.85. The molecule has 2 aromatic rings. The largest absolute Gasteiger partial charge is 0.345 e. The van der Waals surface area contributed by atoms with Gasteiger partial charge in [-0.25, -0.2) is 9.97 Å². The van der Waals surface area contributed by atoms with Crippen molar-refractivity contribution in [1.29, 1.82) is 0 Å². The lowest BCUT2D eigenvalue weighted by Gasteiger charge is -2.36. The molecule has 1 aliphatic heterocycles. The van der Waals surface area contributed by atoms with Gasteiger partial charge in [-0.05, 0) is 24.8 Å². The average molecular weight is 424 g/mol. The highest BCUT2D eigenvalue weighted by atomic mass is 35.5. The molecule has 1 amide bonds. The second kappa shape index (κ2) is 10.0. The summed E-state index contributed by atoms with van der Waals surface area (Å²) in [6, 6.07) is 12.6. The number of nitrogens with two attached hydrogens (primary N) is 1. The molecular weight excluding hydrogens is 397 g/mol. The molecule has 1 saturated heterocycles. The first-order chi connectivity index (χ1) is 12.7. The number of aromatic nitrogens is 2. The fourth-order valence-corrected chi connectivity index (χ4v) is 3.71. The van der Waals surface area contributed by atoms with Crippen molar-refractivity contribution < 1.29 is 4.79 Å². The molecule has 0 atom stereocenters. The summed E-state index contributed by atoms with van der Waals surface area (Å²) in [5.41, 5.74) is 8.20. The maximum absolute atomic E-state index is 12.6. The van der Waals surface area contributed by atoms with Gasteiger partial charge in [0.25, 0.3) is 0 Å². The van der Waals surface area contributed by atoms with E-state index in [1.807, 2.05) is 29.2 Å². The number of benzene rings is 1. The van der Waals surface area contributed by atoms with E-state index in [4.69, 9.17) is 5.73 Å². The van der Waals surface area contributed by atoms with Gasteiger partial charge in [-0.2, -0.15) is 0 Å². The van der Waals surface area contributed by atoms with Crippen LogP contribution in [-0.4, -0.2) is 53.0 Å². The number of rotatable bonds is 5. The van der Waals surface area contributed by atoms with E-state index in [-0.39, 0.29) is 30.7 Å². The van der Waals surface area contributed by atoms with Crippen LogP contribution in [0.3, 0.4) is 0 Å². The van der Waals surface area contributed by atoms with E-state index in [1.165, 1.54) is 5.56 Å². The van der Waals surface area contributed by atoms with Gasteiger partial charge in [0.2, 0.25) is 5.91 Å². The third-order valence-electron chi connectivity index (χ3n) is 5.42. The first kappa shape index (κ1) is 22.4. The third kappa shape index (κ3) is 5.13. The molecule has 0 radical (unpaired) electrons. The first-order valence-corrected chi connectivity index (χ1v) is 9.33. The number of hydrogen-bond acceptors (Lipinski definition) is 5. The van der Waals surface area contributed by atoms with Crippen LogP contribution in [-0.2, 0) is 11.2 Å². The minimum Gasteiger partial charge on any atom is -0.345 e. The molecule has 28 heavy (non-hydrogen) atoms. The van der Waals surface area contributed by atoms with Gasteiger partial charge in [-0.3, -0.25) is 4.79 Å². The smallest absolute Gasteiger partial charge is 0.242 e. The maximum Gasteiger partial charge on any atom is 0.242 e. The van der Waals surface area contributed by atoms with Crippen LogP contribution in [0.4, 0.5) is 5.82 Å². The number of anilines is 1. The summed E-state index contributed by atoms with van der Waals surface area (Å²) in [7, 11) is 0. The maximum atomic E-state index is 12.6. The Kier molecular flexibility index (Phi) is 8.04. The predicted octanol–water partition coefficient (Wildman–Crippen LogP) is 2.42. The van der Waals surface area contributed by atoms with E-state index >= 15 is 0 Å². The van der Waals surface area contributed by atoms with Crippen LogP contribution >= 0.6 is 24.8 Å². The molecule has 1 aliphatic carbocycles. The molecule has 0 spiro atoms. The minimum absolute atomic E-state index is 0. The van der Waals surface area contributed by atoms with E-state index in [0.717, 1.165) is 50.4 Å². The SMILES string of the molecule is Cl.Cl.NC1CC(c2cc(N3CCN(CCc4ccccc4)C(=O)C3)ncn2)C1. The molecule has 0 unspecified atom stereocenters. The van der Waals surface area contributed by atoms with Crippen molar-refractivity contribution >= 4 is 36.5 Å². The third-order valence-corrected chi connectivity index (χ3v) is 5.42. The second-order valence-corrected chi connectivity index (χ2v) is 7.27. The second-order valence-electron chi connectivity index (χ2n) is 7.27. The van der Waals surface area contributed by atoms with Gasteiger partial charge in [-0.1, -0.05) is 30.3 Å². The van der Waals surface area contributed by atoms with Crippen molar-refractivity contribution in [2.24, 2.45) is 5.73 Å². The molecule has 2 aliphatic rings. The van der Waals surface area contributed by atoms with E-state index in [1.54, 1.807) is 6.33 Å². The Morgan fingerprint density at radius 1 is 1.07 bits per heavy atom. The van der Waals surface area contributed by atoms with Gasteiger partial charge in [0.1, 0.15) is 12.1 Å². The molecule has 2 N–H and O–H groups in total. The van der Waals surface area contributed by atoms with Crippen molar-refractivity contribution in [2.45, 2.75) is 31.2 Å². The molecule has 152 valence electrons. The van der Waals surface area contributed by atoms with Gasteiger partial charge < -0.3 is 15.5 Å². The summed E-state index contributed by atoms with van der Waals surface area (Å²) in [6.45, 7) is 2.70. The number of carbonyl (C=O) groups excluding carboxylic acids is 1. The lowest BCUT2D eigenvalue weighted by atomic mass is 9.78. The van der Waals surface area contributed by atoms with Crippen LogP contribution in [0.15, 0.2) is 42.7 Å².